The minimum absolute atomic E-state index is 0.642. The molecular formula is C17H24N4O. The van der Waals surface area contributed by atoms with Crippen LogP contribution in [-0.2, 0) is 6.42 Å². The molecule has 0 aromatic carbocycles. The Hall–Kier alpha value is -1.72. The third-order valence-corrected chi connectivity index (χ3v) is 4.48. The maximum atomic E-state index is 5.82. The molecule has 1 saturated heterocycles. The molecule has 2 aromatic heterocycles. The van der Waals surface area contributed by atoms with Gasteiger partial charge in [-0.3, -0.25) is 4.98 Å². The molecule has 0 aliphatic carbocycles. The number of likely N-dealkylation sites (tertiary alicyclic amines) is 1. The van der Waals surface area contributed by atoms with Gasteiger partial charge >= 0.3 is 0 Å². The summed E-state index contributed by atoms with van der Waals surface area (Å²) in [5.74, 6) is 1.30. The Morgan fingerprint density at radius 1 is 1.36 bits per heavy atom. The van der Waals surface area contributed by atoms with Crippen LogP contribution in [0.25, 0.3) is 11.0 Å². The van der Waals surface area contributed by atoms with Crippen molar-refractivity contribution in [3.63, 3.8) is 0 Å². The van der Waals surface area contributed by atoms with Gasteiger partial charge in [-0.2, -0.15) is 0 Å². The monoisotopic (exact) mass is 300 g/mol. The van der Waals surface area contributed by atoms with Crippen molar-refractivity contribution >= 4 is 11.0 Å². The van der Waals surface area contributed by atoms with Gasteiger partial charge in [-0.05, 0) is 56.0 Å². The first-order chi connectivity index (χ1) is 10.8. The first kappa shape index (κ1) is 15.2. The van der Waals surface area contributed by atoms with Gasteiger partial charge < -0.3 is 15.4 Å². The Morgan fingerprint density at radius 3 is 3.09 bits per heavy atom. The van der Waals surface area contributed by atoms with E-state index in [0.717, 1.165) is 37.1 Å². The van der Waals surface area contributed by atoms with Gasteiger partial charge in [0.1, 0.15) is 0 Å². The van der Waals surface area contributed by atoms with Crippen molar-refractivity contribution < 1.29 is 4.74 Å². The van der Waals surface area contributed by atoms with Gasteiger partial charge in [0.05, 0.1) is 18.1 Å². The summed E-state index contributed by atoms with van der Waals surface area (Å²) in [7, 11) is 1.64. The molecule has 0 spiro atoms. The second-order valence-electron chi connectivity index (χ2n) is 5.99. The van der Waals surface area contributed by atoms with E-state index in [9.17, 15) is 0 Å². The normalized spacial score (nSPS) is 19.5. The average Bonchev–Trinajstić information content (AvgIpc) is 2.59. The maximum Gasteiger partial charge on any atom is 0.213 e. The minimum atomic E-state index is 0.642. The molecule has 5 nitrogen and oxygen atoms in total. The van der Waals surface area contributed by atoms with E-state index >= 15 is 0 Å². The Bertz CT molecular complexity index is 631. The van der Waals surface area contributed by atoms with E-state index in [2.05, 4.69) is 20.9 Å². The topological polar surface area (TPSA) is 64.3 Å². The zero-order valence-corrected chi connectivity index (χ0v) is 13.2. The number of hydrogen-bond donors (Lipinski definition) is 1. The number of rotatable bonds is 5. The third-order valence-electron chi connectivity index (χ3n) is 4.48. The molecule has 2 aromatic rings. The molecule has 1 unspecified atom stereocenters. The minimum Gasteiger partial charge on any atom is -0.481 e. The first-order valence-corrected chi connectivity index (χ1v) is 8.01. The molecule has 1 aliphatic heterocycles. The van der Waals surface area contributed by atoms with Crippen LogP contribution in [0.2, 0.25) is 0 Å². The Labute approximate surface area is 131 Å². The number of nitrogens with two attached hydrogens (primary N) is 1. The molecule has 5 heteroatoms. The fraction of sp³-hybridized carbons (Fsp3) is 0.529. The predicted octanol–water partition coefficient (Wildman–Crippen LogP) is 1.85. The summed E-state index contributed by atoms with van der Waals surface area (Å²) >= 11 is 0. The van der Waals surface area contributed by atoms with E-state index in [1.54, 1.807) is 7.11 Å². The molecular weight excluding hydrogens is 276 g/mol. The van der Waals surface area contributed by atoms with Crippen LogP contribution >= 0.6 is 0 Å². The number of ether oxygens (including phenoxy) is 1. The van der Waals surface area contributed by atoms with Gasteiger partial charge in [0.25, 0.3) is 0 Å². The summed E-state index contributed by atoms with van der Waals surface area (Å²) in [4.78, 5) is 11.5. The van der Waals surface area contributed by atoms with Crippen molar-refractivity contribution in [3.05, 3.63) is 30.0 Å². The number of fused-ring (bicyclic) bond motifs is 1. The van der Waals surface area contributed by atoms with Gasteiger partial charge in [0.2, 0.25) is 5.88 Å². The van der Waals surface area contributed by atoms with Crippen molar-refractivity contribution in [2.45, 2.75) is 19.3 Å². The van der Waals surface area contributed by atoms with Crippen LogP contribution in [0.4, 0.5) is 0 Å². The smallest absolute Gasteiger partial charge is 0.213 e. The Balaban J connectivity index is 1.73. The van der Waals surface area contributed by atoms with E-state index in [-0.39, 0.29) is 0 Å². The lowest BCUT2D eigenvalue weighted by Crippen LogP contribution is -2.39. The lowest BCUT2D eigenvalue weighted by molar-refractivity contribution is 0.180. The van der Waals surface area contributed by atoms with Crippen LogP contribution in [0.5, 0.6) is 5.88 Å². The summed E-state index contributed by atoms with van der Waals surface area (Å²) in [6, 6.07) is 5.89. The Kier molecular flexibility index (Phi) is 4.85. The first-order valence-electron chi connectivity index (χ1n) is 8.01. The lowest BCUT2D eigenvalue weighted by Gasteiger charge is -2.32. The quantitative estimate of drug-likeness (QED) is 0.913. The van der Waals surface area contributed by atoms with E-state index in [1.807, 2.05) is 18.3 Å². The lowest BCUT2D eigenvalue weighted by atomic mass is 9.98. The number of pyridine rings is 2. The predicted molar refractivity (Wildman–Crippen MR) is 88.0 cm³/mol. The molecule has 0 radical (unpaired) electrons. The van der Waals surface area contributed by atoms with E-state index in [1.165, 1.54) is 24.9 Å². The van der Waals surface area contributed by atoms with E-state index in [0.29, 0.717) is 11.8 Å². The summed E-state index contributed by atoms with van der Waals surface area (Å²) in [5.41, 5.74) is 8.94. The number of methoxy groups -OCH3 is 1. The summed E-state index contributed by atoms with van der Waals surface area (Å²) < 4.78 is 5.24. The fourth-order valence-corrected chi connectivity index (χ4v) is 3.20. The highest BCUT2D eigenvalue weighted by Gasteiger charge is 2.18. The molecule has 1 fully saturated rings. The second kappa shape index (κ2) is 7.03. The maximum absolute atomic E-state index is 5.82. The third kappa shape index (κ3) is 3.36. The SMILES string of the molecule is COc1ccc2nccc(CCN3CCCC(CN)C3)c2n1. The zero-order valence-electron chi connectivity index (χ0n) is 13.2. The second-order valence-corrected chi connectivity index (χ2v) is 5.99. The molecule has 22 heavy (non-hydrogen) atoms. The van der Waals surface area contributed by atoms with Crippen LogP contribution in [0.3, 0.4) is 0 Å². The van der Waals surface area contributed by atoms with Crippen LogP contribution < -0.4 is 10.5 Å². The highest BCUT2D eigenvalue weighted by atomic mass is 16.5. The number of nitrogens with zero attached hydrogens (tertiary/aromatic N) is 3. The van der Waals surface area contributed by atoms with Gasteiger partial charge in [0.15, 0.2) is 0 Å². The molecule has 1 aliphatic rings. The fourth-order valence-electron chi connectivity index (χ4n) is 3.20. The van der Waals surface area contributed by atoms with Crippen molar-refractivity contribution in [2.75, 3.05) is 33.3 Å². The van der Waals surface area contributed by atoms with Crippen LogP contribution in [0.1, 0.15) is 18.4 Å². The summed E-state index contributed by atoms with van der Waals surface area (Å²) in [6.45, 7) is 4.15. The van der Waals surface area contributed by atoms with E-state index < -0.39 is 0 Å². The number of piperidine rings is 1. The zero-order chi connectivity index (χ0) is 15.4. The van der Waals surface area contributed by atoms with Crippen molar-refractivity contribution in [1.29, 1.82) is 0 Å². The molecule has 3 rings (SSSR count). The highest BCUT2D eigenvalue weighted by Crippen LogP contribution is 2.20. The molecule has 0 bridgehead atoms. The van der Waals surface area contributed by atoms with Crippen molar-refractivity contribution in [3.8, 4) is 5.88 Å². The highest BCUT2D eigenvalue weighted by molar-refractivity contribution is 5.78. The van der Waals surface area contributed by atoms with Crippen LogP contribution in [0, 0.1) is 5.92 Å². The van der Waals surface area contributed by atoms with Crippen LogP contribution in [0.15, 0.2) is 24.4 Å². The number of hydrogen-bond acceptors (Lipinski definition) is 5. The molecule has 3 heterocycles. The Morgan fingerprint density at radius 2 is 2.27 bits per heavy atom. The van der Waals surface area contributed by atoms with E-state index in [4.69, 9.17) is 10.5 Å². The van der Waals surface area contributed by atoms with Gasteiger partial charge in [-0.1, -0.05) is 0 Å². The largest absolute Gasteiger partial charge is 0.481 e. The standard InChI is InChI=1S/C17H24N4O/c1-22-16-5-4-15-17(20-16)14(6-8-19-15)7-10-21-9-2-3-13(11-18)12-21/h4-6,8,13H,2-3,7,9-12,18H2,1H3. The molecule has 118 valence electrons. The van der Waals surface area contributed by atoms with Crippen LogP contribution in [-0.4, -0.2) is 48.2 Å². The summed E-state index contributed by atoms with van der Waals surface area (Å²) in [6.07, 6.45) is 5.37. The molecule has 0 saturated carbocycles. The number of aromatic nitrogens is 2. The van der Waals surface area contributed by atoms with Gasteiger partial charge in [-0.15, -0.1) is 0 Å². The molecule has 1 atom stereocenters. The van der Waals surface area contributed by atoms with Crippen molar-refractivity contribution in [2.24, 2.45) is 11.7 Å². The average molecular weight is 300 g/mol. The van der Waals surface area contributed by atoms with Gasteiger partial charge in [0, 0.05) is 25.4 Å². The summed E-state index contributed by atoms with van der Waals surface area (Å²) in [5, 5.41) is 0. The molecule has 2 N–H and O–H groups in total. The van der Waals surface area contributed by atoms with Crippen molar-refractivity contribution in [1.82, 2.24) is 14.9 Å². The van der Waals surface area contributed by atoms with Gasteiger partial charge in [-0.25, -0.2) is 4.98 Å². The molecule has 0 amide bonds.